The van der Waals surface area contributed by atoms with E-state index in [0.29, 0.717) is 31.0 Å². The fraction of sp³-hybridized carbons (Fsp3) is 0.571. The summed E-state index contributed by atoms with van der Waals surface area (Å²) in [7, 11) is -3.53. The predicted octanol–water partition coefficient (Wildman–Crippen LogP) is 1.58. The molecule has 1 aliphatic rings. The van der Waals surface area contributed by atoms with Crippen molar-refractivity contribution in [2.24, 2.45) is 11.7 Å². The van der Waals surface area contributed by atoms with Crippen molar-refractivity contribution >= 4 is 21.6 Å². The fourth-order valence-electron chi connectivity index (χ4n) is 2.60. The summed E-state index contributed by atoms with van der Waals surface area (Å²) in [6.45, 7) is 2.88. The average Bonchev–Trinajstić information content (AvgIpc) is 2.47. The van der Waals surface area contributed by atoms with Gasteiger partial charge >= 0.3 is 0 Å². The Labute approximate surface area is 130 Å². The van der Waals surface area contributed by atoms with Crippen molar-refractivity contribution in [2.75, 3.05) is 13.1 Å². The van der Waals surface area contributed by atoms with E-state index in [1.54, 1.807) is 19.1 Å². The third kappa shape index (κ3) is 3.57. The van der Waals surface area contributed by atoms with Gasteiger partial charge in [-0.3, -0.25) is 0 Å². The maximum atomic E-state index is 12.6. The summed E-state index contributed by atoms with van der Waals surface area (Å²) in [6, 6.07) is 4.65. The van der Waals surface area contributed by atoms with Gasteiger partial charge in [0.05, 0.1) is 11.0 Å². The van der Waals surface area contributed by atoms with Gasteiger partial charge in [-0.25, -0.2) is 8.42 Å². The van der Waals surface area contributed by atoms with Crippen molar-refractivity contribution in [2.45, 2.75) is 37.3 Å². The Hall–Kier alpha value is -0.660. The van der Waals surface area contributed by atoms with Crippen LogP contribution in [0.4, 0.5) is 0 Å². The van der Waals surface area contributed by atoms with Crippen LogP contribution in [0.2, 0.25) is 5.02 Å². The van der Waals surface area contributed by atoms with Crippen molar-refractivity contribution in [3.05, 3.63) is 28.8 Å². The van der Waals surface area contributed by atoms with Crippen molar-refractivity contribution in [1.29, 1.82) is 0 Å². The van der Waals surface area contributed by atoms with Crippen LogP contribution in [0.5, 0.6) is 0 Å². The molecule has 1 atom stereocenters. The third-order valence-electron chi connectivity index (χ3n) is 4.06. The van der Waals surface area contributed by atoms with Gasteiger partial charge in [0.15, 0.2) is 0 Å². The number of benzene rings is 1. The van der Waals surface area contributed by atoms with E-state index in [0.717, 1.165) is 5.56 Å². The number of sulfonamides is 1. The fourth-order valence-corrected chi connectivity index (χ4v) is 4.42. The second kappa shape index (κ2) is 6.62. The van der Waals surface area contributed by atoms with E-state index < -0.39 is 16.1 Å². The molecule has 0 radical (unpaired) electrons. The number of hydrogen-bond acceptors (Lipinski definition) is 4. The Balaban J connectivity index is 2.17. The summed E-state index contributed by atoms with van der Waals surface area (Å²) in [6.07, 6.45) is 0.949. The molecular formula is C14H21ClN2O3S. The van der Waals surface area contributed by atoms with Gasteiger partial charge in [0.1, 0.15) is 0 Å². The first-order valence-corrected chi connectivity index (χ1v) is 8.84. The van der Waals surface area contributed by atoms with Crippen LogP contribution in [0.3, 0.4) is 0 Å². The van der Waals surface area contributed by atoms with Crippen LogP contribution < -0.4 is 5.73 Å². The molecule has 3 N–H and O–H groups in total. The highest BCUT2D eigenvalue weighted by atomic mass is 35.5. The van der Waals surface area contributed by atoms with Gasteiger partial charge in [-0.2, -0.15) is 4.31 Å². The molecule has 0 spiro atoms. The van der Waals surface area contributed by atoms with E-state index in [9.17, 15) is 13.5 Å². The number of aliphatic hydroxyl groups excluding tert-OH is 1. The monoisotopic (exact) mass is 332 g/mol. The van der Waals surface area contributed by atoms with Crippen LogP contribution in [0, 0.1) is 5.92 Å². The van der Waals surface area contributed by atoms with Crippen LogP contribution in [-0.2, 0) is 16.6 Å². The number of rotatable bonds is 4. The Morgan fingerprint density at radius 1 is 1.43 bits per heavy atom. The summed E-state index contributed by atoms with van der Waals surface area (Å²) in [5, 5.41) is 9.95. The van der Waals surface area contributed by atoms with Gasteiger partial charge in [0.2, 0.25) is 10.0 Å². The SMILES string of the molecule is CC(O)C1CCN(S(=O)(=O)c2ccc(CN)c(Cl)c2)CC1. The molecule has 1 aromatic carbocycles. The van der Waals surface area contributed by atoms with Crippen LogP contribution in [0.25, 0.3) is 0 Å². The molecule has 0 amide bonds. The predicted molar refractivity (Wildman–Crippen MR) is 82.5 cm³/mol. The molecule has 21 heavy (non-hydrogen) atoms. The maximum absolute atomic E-state index is 12.6. The molecule has 1 unspecified atom stereocenters. The Bertz CT molecular complexity index is 596. The van der Waals surface area contributed by atoms with Gasteiger partial charge in [-0.15, -0.1) is 0 Å². The van der Waals surface area contributed by atoms with Gasteiger partial charge in [-0.1, -0.05) is 17.7 Å². The lowest BCUT2D eigenvalue weighted by Gasteiger charge is -2.32. The lowest BCUT2D eigenvalue weighted by atomic mass is 9.93. The molecular weight excluding hydrogens is 312 g/mol. The Kier molecular flexibility index (Phi) is 5.27. The van der Waals surface area contributed by atoms with E-state index in [2.05, 4.69) is 0 Å². The highest BCUT2D eigenvalue weighted by Crippen LogP contribution is 2.27. The van der Waals surface area contributed by atoms with Crippen molar-refractivity contribution in [3.8, 4) is 0 Å². The number of aliphatic hydroxyl groups is 1. The van der Waals surface area contributed by atoms with Crippen molar-refractivity contribution < 1.29 is 13.5 Å². The molecule has 7 heteroatoms. The minimum atomic E-state index is -3.53. The second-order valence-corrected chi connectivity index (χ2v) is 7.78. The summed E-state index contributed by atoms with van der Waals surface area (Å²) < 4.78 is 26.6. The van der Waals surface area contributed by atoms with Crippen LogP contribution in [0.1, 0.15) is 25.3 Å². The first kappa shape index (κ1) is 16.7. The number of nitrogens with two attached hydrogens (primary N) is 1. The first-order valence-electron chi connectivity index (χ1n) is 7.03. The molecule has 1 fully saturated rings. The normalized spacial score (nSPS) is 19.6. The Morgan fingerprint density at radius 2 is 2.05 bits per heavy atom. The zero-order chi connectivity index (χ0) is 15.6. The first-order chi connectivity index (χ1) is 9.86. The third-order valence-corrected chi connectivity index (χ3v) is 6.31. The van der Waals surface area contributed by atoms with Crippen LogP contribution in [0.15, 0.2) is 23.1 Å². The molecule has 0 saturated carbocycles. The van der Waals surface area contributed by atoms with E-state index in [4.69, 9.17) is 17.3 Å². The quantitative estimate of drug-likeness (QED) is 0.876. The largest absolute Gasteiger partial charge is 0.393 e. The van der Waals surface area contributed by atoms with Crippen LogP contribution in [-0.4, -0.2) is 37.0 Å². The number of hydrogen-bond donors (Lipinski definition) is 2. The highest BCUT2D eigenvalue weighted by molar-refractivity contribution is 7.89. The van der Waals surface area contributed by atoms with Gasteiger partial charge < -0.3 is 10.8 Å². The molecule has 5 nitrogen and oxygen atoms in total. The van der Waals surface area contributed by atoms with E-state index >= 15 is 0 Å². The van der Waals surface area contributed by atoms with Crippen molar-refractivity contribution in [3.63, 3.8) is 0 Å². The van der Waals surface area contributed by atoms with Gasteiger partial charge in [0.25, 0.3) is 0 Å². The van der Waals surface area contributed by atoms with E-state index in [1.165, 1.54) is 10.4 Å². The molecule has 1 aromatic rings. The molecule has 118 valence electrons. The zero-order valence-corrected chi connectivity index (χ0v) is 13.6. The molecule has 0 aromatic heterocycles. The smallest absolute Gasteiger partial charge is 0.243 e. The highest BCUT2D eigenvalue weighted by Gasteiger charge is 2.31. The van der Waals surface area contributed by atoms with Crippen molar-refractivity contribution in [1.82, 2.24) is 4.31 Å². The number of nitrogens with zero attached hydrogens (tertiary/aromatic N) is 1. The zero-order valence-electron chi connectivity index (χ0n) is 12.0. The van der Waals surface area contributed by atoms with Gasteiger partial charge in [-0.05, 0) is 43.4 Å². The van der Waals surface area contributed by atoms with E-state index in [-0.39, 0.29) is 17.4 Å². The minimum absolute atomic E-state index is 0.166. The lowest BCUT2D eigenvalue weighted by molar-refractivity contribution is 0.0912. The topological polar surface area (TPSA) is 83.6 Å². The minimum Gasteiger partial charge on any atom is -0.393 e. The van der Waals surface area contributed by atoms with Gasteiger partial charge in [0, 0.05) is 24.7 Å². The molecule has 1 aliphatic heterocycles. The molecule has 1 saturated heterocycles. The van der Waals surface area contributed by atoms with E-state index in [1.807, 2.05) is 0 Å². The summed E-state index contributed by atoms with van der Waals surface area (Å²) in [5.74, 6) is 0.166. The standard InChI is InChI=1S/C14H21ClN2O3S/c1-10(18)11-4-6-17(7-5-11)21(19,20)13-3-2-12(9-16)14(15)8-13/h2-3,8,10-11,18H,4-7,9,16H2,1H3. The average molecular weight is 333 g/mol. The number of halogens is 1. The Morgan fingerprint density at radius 3 is 2.52 bits per heavy atom. The summed E-state index contributed by atoms with van der Waals surface area (Å²) in [5.41, 5.74) is 6.25. The lowest BCUT2D eigenvalue weighted by Crippen LogP contribution is -2.40. The summed E-state index contributed by atoms with van der Waals surface area (Å²) in [4.78, 5) is 0.195. The molecule has 1 heterocycles. The molecule has 2 rings (SSSR count). The van der Waals surface area contributed by atoms with Crippen LogP contribution >= 0.6 is 11.6 Å². The molecule has 0 aliphatic carbocycles. The maximum Gasteiger partial charge on any atom is 0.243 e. The molecule has 0 bridgehead atoms. The number of piperidine rings is 1. The second-order valence-electron chi connectivity index (χ2n) is 5.44. The summed E-state index contributed by atoms with van der Waals surface area (Å²) >= 11 is 6.04.